The fourth-order valence-corrected chi connectivity index (χ4v) is 2.14. The lowest BCUT2D eigenvalue weighted by molar-refractivity contribution is 0.373. The summed E-state index contributed by atoms with van der Waals surface area (Å²) in [6, 6.07) is 12.3. The van der Waals surface area contributed by atoms with Gasteiger partial charge < -0.3 is 14.8 Å². The number of para-hydroxylation sites is 2. The van der Waals surface area contributed by atoms with Crippen LogP contribution in [-0.2, 0) is 0 Å². The van der Waals surface area contributed by atoms with Gasteiger partial charge in [0.1, 0.15) is 5.69 Å². The first-order chi connectivity index (χ1) is 10.7. The number of hydrogen-bond acceptors (Lipinski definition) is 4. The molecular weight excluding hydrogens is 280 g/mol. The highest BCUT2D eigenvalue weighted by atomic mass is 16.5. The van der Waals surface area contributed by atoms with Crippen molar-refractivity contribution >= 4 is 23.2 Å². The van der Waals surface area contributed by atoms with Crippen molar-refractivity contribution in [3.05, 3.63) is 64.1 Å². The summed E-state index contributed by atoms with van der Waals surface area (Å²) in [6.45, 7) is 0. The van der Waals surface area contributed by atoms with Gasteiger partial charge >= 0.3 is 0 Å². The van der Waals surface area contributed by atoms with Crippen molar-refractivity contribution in [1.29, 1.82) is 0 Å². The third-order valence-electron chi connectivity index (χ3n) is 3.26. The zero-order valence-corrected chi connectivity index (χ0v) is 11.9. The van der Waals surface area contributed by atoms with Gasteiger partial charge in [-0.3, -0.25) is 4.79 Å². The Morgan fingerprint density at radius 1 is 1.18 bits per heavy atom. The predicted octanol–water partition coefficient (Wildman–Crippen LogP) is 2.81. The van der Waals surface area contributed by atoms with Crippen LogP contribution in [0.5, 0.6) is 11.5 Å². The smallest absolute Gasteiger partial charge is 0.274 e. The van der Waals surface area contributed by atoms with E-state index in [0.29, 0.717) is 17.0 Å². The maximum Gasteiger partial charge on any atom is 0.274 e. The molecule has 0 atom stereocenters. The molecule has 0 saturated carbocycles. The molecule has 0 bridgehead atoms. The topological polar surface area (TPSA) is 75.2 Å². The number of benzene rings is 2. The highest BCUT2D eigenvalue weighted by molar-refractivity contribution is 5.76. The molecule has 2 N–H and O–H groups in total. The van der Waals surface area contributed by atoms with Crippen LogP contribution in [-0.4, -0.2) is 22.2 Å². The van der Waals surface area contributed by atoms with E-state index in [9.17, 15) is 9.90 Å². The number of ether oxygens (including phenoxy) is 1. The number of phenolic OH excluding ortho intramolecular Hbond substituents is 1. The van der Waals surface area contributed by atoms with Crippen LogP contribution < -0.4 is 10.3 Å². The minimum Gasteiger partial charge on any atom is -0.504 e. The van der Waals surface area contributed by atoms with Gasteiger partial charge in [0.25, 0.3) is 5.56 Å². The molecule has 3 rings (SSSR count). The number of aromatic hydroxyl groups is 1. The van der Waals surface area contributed by atoms with Crippen molar-refractivity contribution in [2.45, 2.75) is 0 Å². The van der Waals surface area contributed by atoms with Crippen molar-refractivity contribution in [2.24, 2.45) is 0 Å². The number of fused-ring (bicyclic) bond motifs is 1. The van der Waals surface area contributed by atoms with Crippen molar-refractivity contribution in [3.8, 4) is 11.5 Å². The summed E-state index contributed by atoms with van der Waals surface area (Å²) in [5, 5.41) is 9.74. The number of nitrogens with zero attached hydrogens (tertiary/aromatic N) is 1. The Balaban J connectivity index is 1.97. The van der Waals surface area contributed by atoms with Crippen molar-refractivity contribution < 1.29 is 9.84 Å². The van der Waals surface area contributed by atoms with Crippen LogP contribution >= 0.6 is 0 Å². The van der Waals surface area contributed by atoms with Crippen LogP contribution in [0.3, 0.4) is 0 Å². The van der Waals surface area contributed by atoms with Crippen LogP contribution in [0.1, 0.15) is 11.3 Å². The van der Waals surface area contributed by atoms with Crippen LogP contribution in [0.25, 0.3) is 23.2 Å². The molecule has 0 unspecified atom stereocenters. The molecule has 2 aromatic carbocycles. The zero-order valence-electron chi connectivity index (χ0n) is 11.9. The van der Waals surface area contributed by atoms with E-state index < -0.39 is 0 Å². The molecule has 0 spiro atoms. The normalized spacial score (nSPS) is 11.1. The summed E-state index contributed by atoms with van der Waals surface area (Å²) in [5.74, 6) is 0.448. The molecule has 0 saturated heterocycles. The SMILES string of the molecule is COc1ccc(/C=C/c2nc3ccccc3[nH]c2=O)cc1O. The van der Waals surface area contributed by atoms with E-state index in [1.807, 2.05) is 18.2 Å². The van der Waals surface area contributed by atoms with E-state index in [1.54, 1.807) is 36.4 Å². The second kappa shape index (κ2) is 5.73. The van der Waals surface area contributed by atoms with Gasteiger partial charge in [0.15, 0.2) is 11.5 Å². The molecule has 22 heavy (non-hydrogen) atoms. The molecule has 0 fully saturated rings. The fraction of sp³-hybridized carbons (Fsp3) is 0.0588. The Labute approximate surface area is 126 Å². The quantitative estimate of drug-likeness (QED) is 0.779. The molecular formula is C17H14N2O3. The van der Waals surface area contributed by atoms with E-state index in [-0.39, 0.29) is 11.3 Å². The lowest BCUT2D eigenvalue weighted by Crippen LogP contribution is -2.11. The van der Waals surface area contributed by atoms with Crippen molar-refractivity contribution in [3.63, 3.8) is 0 Å². The van der Waals surface area contributed by atoms with Gasteiger partial charge in [0, 0.05) is 0 Å². The molecule has 0 radical (unpaired) electrons. The Kier molecular flexibility index (Phi) is 3.62. The first-order valence-corrected chi connectivity index (χ1v) is 6.71. The van der Waals surface area contributed by atoms with Gasteiger partial charge in [-0.25, -0.2) is 4.98 Å². The van der Waals surface area contributed by atoms with Gasteiger partial charge in [-0.05, 0) is 35.9 Å². The van der Waals surface area contributed by atoms with Gasteiger partial charge in [-0.15, -0.1) is 0 Å². The maximum absolute atomic E-state index is 12.0. The number of aromatic amines is 1. The largest absolute Gasteiger partial charge is 0.504 e. The number of aromatic nitrogens is 2. The van der Waals surface area contributed by atoms with Crippen molar-refractivity contribution in [2.75, 3.05) is 7.11 Å². The molecule has 1 aromatic heterocycles. The summed E-state index contributed by atoms with van der Waals surface area (Å²) in [4.78, 5) is 19.1. The average molecular weight is 294 g/mol. The monoisotopic (exact) mass is 294 g/mol. The molecule has 0 aliphatic heterocycles. The number of hydrogen-bond donors (Lipinski definition) is 2. The second-order valence-corrected chi connectivity index (χ2v) is 4.73. The van der Waals surface area contributed by atoms with Crippen LogP contribution in [0, 0.1) is 0 Å². The summed E-state index contributed by atoms with van der Waals surface area (Å²) in [6.07, 6.45) is 3.33. The van der Waals surface area contributed by atoms with Crippen LogP contribution in [0.4, 0.5) is 0 Å². The van der Waals surface area contributed by atoms with Crippen LogP contribution in [0.2, 0.25) is 0 Å². The number of nitrogens with one attached hydrogen (secondary N) is 1. The third kappa shape index (κ3) is 2.69. The van der Waals surface area contributed by atoms with Gasteiger partial charge in [0.2, 0.25) is 0 Å². The summed E-state index contributed by atoms with van der Waals surface area (Å²) in [5.41, 5.74) is 2.22. The van der Waals surface area contributed by atoms with Crippen molar-refractivity contribution in [1.82, 2.24) is 9.97 Å². The Morgan fingerprint density at radius 2 is 2.00 bits per heavy atom. The Bertz CT molecular complexity index is 913. The van der Waals surface area contributed by atoms with E-state index in [0.717, 1.165) is 11.1 Å². The maximum atomic E-state index is 12.0. The standard InChI is InChI=1S/C17H14N2O3/c1-22-16-9-7-11(10-15(16)20)6-8-14-17(21)19-13-5-3-2-4-12(13)18-14/h2-10,20H,1H3,(H,19,21)/b8-6+. The number of phenols is 1. The number of H-pyrrole nitrogens is 1. The second-order valence-electron chi connectivity index (χ2n) is 4.73. The fourth-order valence-electron chi connectivity index (χ4n) is 2.14. The van der Waals surface area contributed by atoms with Gasteiger partial charge in [-0.2, -0.15) is 0 Å². The molecule has 1 heterocycles. The summed E-state index contributed by atoms with van der Waals surface area (Å²) in [7, 11) is 1.49. The highest BCUT2D eigenvalue weighted by Gasteiger charge is 2.03. The number of methoxy groups -OCH3 is 1. The summed E-state index contributed by atoms with van der Waals surface area (Å²) < 4.78 is 4.99. The van der Waals surface area contributed by atoms with E-state index >= 15 is 0 Å². The summed E-state index contributed by atoms with van der Waals surface area (Å²) >= 11 is 0. The predicted molar refractivity (Wildman–Crippen MR) is 86.0 cm³/mol. The van der Waals surface area contributed by atoms with E-state index in [1.165, 1.54) is 7.11 Å². The first-order valence-electron chi connectivity index (χ1n) is 6.71. The Hall–Kier alpha value is -3.08. The molecule has 3 aromatic rings. The van der Waals surface area contributed by atoms with Gasteiger partial charge in [-0.1, -0.05) is 24.3 Å². The lowest BCUT2D eigenvalue weighted by atomic mass is 10.1. The Morgan fingerprint density at radius 3 is 2.77 bits per heavy atom. The highest BCUT2D eigenvalue weighted by Crippen LogP contribution is 2.26. The first kappa shape index (κ1) is 13.9. The van der Waals surface area contributed by atoms with E-state index in [2.05, 4.69) is 9.97 Å². The zero-order chi connectivity index (χ0) is 15.5. The molecule has 0 amide bonds. The molecule has 110 valence electrons. The van der Waals surface area contributed by atoms with Gasteiger partial charge in [0.05, 0.1) is 18.1 Å². The molecule has 5 heteroatoms. The lowest BCUT2D eigenvalue weighted by Gasteiger charge is -2.03. The molecule has 0 aliphatic carbocycles. The third-order valence-corrected chi connectivity index (χ3v) is 3.26. The minimum absolute atomic E-state index is 0.0463. The number of rotatable bonds is 3. The van der Waals surface area contributed by atoms with E-state index in [4.69, 9.17) is 4.74 Å². The molecule has 5 nitrogen and oxygen atoms in total. The average Bonchev–Trinajstić information content (AvgIpc) is 2.53. The molecule has 0 aliphatic rings. The van der Waals surface area contributed by atoms with Crippen LogP contribution in [0.15, 0.2) is 47.3 Å². The minimum atomic E-state index is -0.257.